The lowest BCUT2D eigenvalue weighted by Gasteiger charge is -2.34. The third kappa shape index (κ3) is 7.47. The molecule has 0 spiro atoms. The Morgan fingerprint density at radius 1 is 0.839 bits per heavy atom. The van der Waals surface area contributed by atoms with Gasteiger partial charge in [0.1, 0.15) is 17.6 Å². The van der Waals surface area contributed by atoms with Gasteiger partial charge in [-0.25, -0.2) is 9.97 Å². The average Bonchev–Trinajstić information content (AvgIpc) is 3.76. The van der Waals surface area contributed by atoms with Crippen molar-refractivity contribution < 1.29 is 33.9 Å². The number of primary amides is 1. The van der Waals surface area contributed by atoms with Gasteiger partial charge in [-0.05, 0) is 92.8 Å². The van der Waals surface area contributed by atoms with Crippen molar-refractivity contribution >= 4 is 47.0 Å². The number of nitrogens with zero attached hydrogens (tertiary/aromatic N) is 6. The zero-order valence-electron chi connectivity index (χ0n) is 31.2. The van der Waals surface area contributed by atoms with E-state index in [9.17, 15) is 33.9 Å². The molecule has 56 heavy (non-hydrogen) atoms. The minimum atomic E-state index is -0.977. The molecule has 5 aliphatic heterocycles. The van der Waals surface area contributed by atoms with Crippen molar-refractivity contribution in [3.8, 4) is 0 Å². The molecule has 4 fully saturated rings. The SMILES string of the molecule is NC(=O)c1ncc(N2CCC(C(=O)O)CC2)nc1Cc1ccc(C2CCN(C[C@H]3CCN(c4ccc5c(c4)C(=O)N(C4CCC(=O)NC4=O)C5=O)C3)CC2)cc1. The lowest BCUT2D eigenvalue weighted by Crippen LogP contribution is -2.54. The Balaban J connectivity index is 0.830. The lowest BCUT2D eigenvalue weighted by atomic mass is 9.88. The Hall–Kier alpha value is -5.70. The number of fused-ring (bicyclic) bond motifs is 1. The number of carboxylic acid groups (broad SMARTS) is 1. The molecule has 1 aromatic heterocycles. The summed E-state index contributed by atoms with van der Waals surface area (Å²) in [6.45, 7) is 5.83. The quantitative estimate of drug-likeness (QED) is 0.256. The Morgan fingerprint density at radius 2 is 1.55 bits per heavy atom. The van der Waals surface area contributed by atoms with Gasteiger partial charge in [-0.3, -0.25) is 39.0 Å². The molecule has 15 heteroatoms. The Bertz CT molecular complexity index is 2070. The highest BCUT2D eigenvalue weighted by molar-refractivity contribution is 6.23. The van der Waals surface area contributed by atoms with Crippen LogP contribution in [0.15, 0.2) is 48.7 Å². The van der Waals surface area contributed by atoms with Gasteiger partial charge in [0.2, 0.25) is 11.8 Å². The maximum atomic E-state index is 13.3. The number of piperidine rings is 3. The molecule has 0 saturated carbocycles. The van der Waals surface area contributed by atoms with Gasteiger partial charge in [-0.2, -0.15) is 0 Å². The standard InChI is InChI=1S/C41H46N8O7/c42-37(51)36-32(44-34(21-43-36)47-17-12-28(13-18-47)41(55)56)19-24-1-3-26(4-2-24)27-10-14-46(15-11-27)22-25-9-16-48(23-25)29-5-6-30-31(20-29)40(54)49(39(30)53)33-7-8-35(50)45-38(33)52/h1-6,20-21,25,27-28,33H,7-19,22-23H2,(H2,42,51)(H,55,56)(H,45,50,52)/t25-,33?/m1/s1. The number of benzene rings is 2. The third-order valence-electron chi connectivity index (χ3n) is 12.2. The summed E-state index contributed by atoms with van der Waals surface area (Å²) in [7, 11) is 0. The van der Waals surface area contributed by atoms with Crippen molar-refractivity contribution in [3.63, 3.8) is 0 Å². The number of hydrogen-bond acceptors (Lipinski definition) is 11. The molecule has 15 nitrogen and oxygen atoms in total. The van der Waals surface area contributed by atoms with Crippen molar-refractivity contribution in [2.24, 2.45) is 17.6 Å². The fraction of sp³-hybridized carbons (Fsp3) is 0.463. The van der Waals surface area contributed by atoms with Crippen LogP contribution in [0.4, 0.5) is 11.5 Å². The summed E-state index contributed by atoms with van der Waals surface area (Å²) in [5.41, 5.74) is 10.1. The fourth-order valence-corrected chi connectivity index (χ4v) is 9.04. The number of carboxylic acids is 1. The van der Waals surface area contributed by atoms with Crippen LogP contribution >= 0.6 is 0 Å². The molecule has 2 atom stereocenters. The zero-order chi connectivity index (χ0) is 39.1. The molecule has 3 aromatic rings. The van der Waals surface area contributed by atoms with Crippen LogP contribution in [0.25, 0.3) is 0 Å². The average molecular weight is 763 g/mol. The number of carbonyl (C=O) groups is 6. The topological polar surface area (TPSA) is 199 Å². The number of aliphatic carboxylic acids is 1. The van der Waals surface area contributed by atoms with Gasteiger partial charge < -0.3 is 25.5 Å². The van der Waals surface area contributed by atoms with Gasteiger partial charge in [0.25, 0.3) is 17.7 Å². The third-order valence-corrected chi connectivity index (χ3v) is 12.2. The molecule has 5 amide bonds. The Morgan fingerprint density at radius 3 is 2.25 bits per heavy atom. The summed E-state index contributed by atoms with van der Waals surface area (Å²) in [4.78, 5) is 91.1. The maximum absolute atomic E-state index is 13.3. The highest BCUT2D eigenvalue weighted by Gasteiger charge is 2.45. The molecule has 5 aliphatic rings. The van der Waals surface area contributed by atoms with Crippen LogP contribution in [0.2, 0.25) is 0 Å². The largest absolute Gasteiger partial charge is 0.481 e. The minimum Gasteiger partial charge on any atom is -0.481 e. The van der Waals surface area contributed by atoms with E-state index in [0.29, 0.717) is 66.8 Å². The summed E-state index contributed by atoms with van der Waals surface area (Å²) in [6, 6.07) is 12.9. The number of amides is 5. The first-order chi connectivity index (χ1) is 27.0. The van der Waals surface area contributed by atoms with Crippen LogP contribution < -0.4 is 20.9 Å². The number of carbonyl (C=O) groups excluding carboxylic acids is 5. The number of rotatable bonds is 10. The van der Waals surface area contributed by atoms with Crippen molar-refractivity contribution in [2.45, 2.75) is 63.3 Å². The Labute approximate surface area is 324 Å². The molecule has 2 aromatic carbocycles. The van der Waals surface area contributed by atoms with Gasteiger partial charge in [-0.1, -0.05) is 24.3 Å². The zero-order valence-corrected chi connectivity index (χ0v) is 31.2. The molecule has 8 rings (SSSR count). The lowest BCUT2D eigenvalue weighted by molar-refractivity contribution is -0.142. The van der Waals surface area contributed by atoms with Crippen LogP contribution in [-0.2, 0) is 20.8 Å². The molecule has 0 radical (unpaired) electrons. The Kier molecular flexibility index (Phi) is 10.3. The first-order valence-electron chi connectivity index (χ1n) is 19.6. The number of aromatic nitrogens is 2. The molecule has 292 valence electrons. The van der Waals surface area contributed by atoms with E-state index in [1.165, 1.54) is 5.56 Å². The van der Waals surface area contributed by atoms with Crippen molar-refractivity contribution in [3.05, 3.63) is 82.3 Å². The minimum absolute atomic E-state index is 0.0879. The predicted octanol–water partition coefficient (Wildman–Crippen LogP) is 2.57. The monoisotopic (exact) mass is 762 g/mol. The smallest absolute Gasteiger partial charge is 0.306 e. The van der Waals surface area contributed by atoms with E-state index >= 15 is 0 Å². The molecule has 4 N–H and O–H groups in total. The molecular weight excluding hydrogens is 717 g/mol. The summed E-state index contributed by atoms with van der Waals surface area (Å²) in [6.07, 6.45) is 6.38. The summed E-state index contributed by atoms with van der Waals surface area (Å²) >= 11 is 0. The van der Waals surface area contributed by atoms with E-state index in [1.54, 1.807) is 18.3 Å². The van der Waals surface area contributed by atoms with Gasteiger partial charge >= 0.3 is 5.97 Å². The van der Waals surface area contributed by atoms with E-state index in [1.807, 2.05) is 11.0 Å². The second-order valence-corrected chi connectivity index (χ2v) is 15.8. The molecule has 1 unspecified atom stereocenters. The van der Waals surface area contributed by atoms with Gasteiger partial charge in [-0.15, -0.1) is 0 Å². The maximum Gasteiger partial charge on any atom is 0.306 e. The van der Waals surface area contributed by atoms with Crippen molar-refractivity contribution in [1.82, 2.24) is 25.1 Å². The molecule has 6 heterocycles. The molecular formula is C41H46N8O7. The van der Waals surface area contributed by atoms with Gasteiger partial charge in [0.05, 0.1) is 28.9 Å². The first kappa shape index (κ1) is 37.2. The first-order valence-corrected chi connectivity index (χ1v) is 19.6. The number of anilines is 2. The highest BCUT2D eigenvalue weighted by atomic mass is 16.4. The van der Waals surface area contributed by atoms with Crippen LogP contribution in [0.5, 0.6) is 0 Å². The van der Waals surface area contributed by atoms with E-state index < -0.39 is 41.5 Å². The second-order valence-electron chi connectivity index (χ2n) is 15.8. The van der Waals surface area contributed by atoms with E-state index in [0.717, 1.165) is 68.1 Å². The van der Waals surface area contributed by atoms with Crippen LogP contribution in [0.3, 0.4) is 0 Å². The summed E-state index contributed by atoms with van der Waals surface area (Å²) in [5, 5.41) is 11.6. The van der Waals surface area contributed by atoms with Crippen molar-refractivity contribution in [2.75, 3.05) is 55.6 Å². The normalized spacial score (nSPS) is 22.5. The van der Waals surface area contributed by atoms with Crippen LogP contribution in [0.1, 0.15) is 98.9 Å². The van der Waals surface area contributed by atoms with E-state index in [4.69, 9.17) is 10.7 Å². The molecule has 4 saturated heterocycles. The molecule has 0 aliphatic carbocycles. The number of nitrogens with one attached hydrogen (secondary N) is 1. The number of nitrogens with two attached hydrogens (primary N) is 1. The van der Waals surface area contributed by atoms with Crippen LogP contribution in [-0.4, -0.2) is 112 Å². The summed E-state index contributed by atoms with van der Waals surface area (Å²) < 4.78 is 0. The van der Waals surface area contributed by atoms with Gasteiger partial charge in [0, 0.05) is 51.3 Å². The molecule has 0 bridgehead atoms. The highest BCUT2D eigenvalue weighted by Crippen LogP contribution is 2.34. The van der Waals surface area contributed by atoms with E-state index in [2.05, 4.69) is 44.4 Å². The fourth-order valence-electron chi connectivity index (χ4n) is 9.04. The van der Waals surface area contributed by atoms with Crippen molar-refractivity contribution in [1.29, 1.82) is 0 Å². The van der Waals surface area contributed by atoms with E-state index in [-0.39, 0.29) is 24.5 Å². The van der Waals surface area contributed by atoms with Gasteiger partial charge in [0.15, 0.2) is 0 Å². The predicted molar refractivity (Wildman–Crippen MR) is 204 cm³/mol. The summed E-state index contributed by atoms with van der Waals surface area (Å²) in [5.74, 6) is -2.20. The number of likely N-dealkylation sites (tertiary alicyclic amines) is 1. The number of hydrogen-bond donors (Lipinski definition) is 3. The number of imide groups is 2. The second kappa shape index (κ2) is 15.4. The van der Waals surface area contributed by atoms with Crippen LogP contribution in [0, 0.1) is 11.8 Å².